The van der Waals surface area contributed by atoms with E-state index in [-0.39, 0.29) is 0 Å². The Morgan fingerprint density at radius 1 is 1.11 bits per heavy atom. The van der Waals surface area contributed by atoms with Crippen LogP contribution >= 0.6 is 0 Å². The van der Waals surface area contributed by atoms with E-state index in [4.69, 9.17) is 4.74 Å². The van der Waals surface area contributed by atoms with Crippen molar-refractivity contribution in [1.82, 2.24) is 4.90 Å². The molecule has 0 heterocycles. The van der Waals surface area contributed by atoms with Crippen LogP contribution in [0.25, 0.3) is 0 Å². The zero-order valence-electron chi connectivity index (χ0n) is 11.6. The van der Waals surface area contributed by atoms with Crippen LogP contribution in [-0.4, -0.2) is 36.4 Å². The Kier molecular flexibility index (Phi) is 5.85. The van der Waals surface area contributed by atoms with Gasteiger partial charge in [-0.15, -0.1) is 0 Å². The van der Waals surface area contributed by atoms with E-state index in [1.807, 2.05) is 20.8 Å². The molecule has 104 valence electrons. The monoisotopic (exact) mass is 264 g/mol. The van der Waals surface area contributed by atoms with Crippen molar-refractivity contribution in [3.63, 3.8) is 0 Å². The highest BCUT2D eigenvalue weighted by Gasteiger charge is 2.19. The highest BCUT2D eigenvalue weighted by molar-refractivity contribution is 6.39. The molecular formula is C14H20N2O3. The normalized spacial score (nSPS) is 9.84. The summed E-state index contributed by atoms with van der Waals surface area (Å²) >= 11 is 0. The van der Waals surface area contributed by atoms with Gasteiger partial charge in [0.2, 0.25) is 0 Å². The SMILES string of the molecule is CCOc1ccc(NC(=O)C(=O)N(CC)CC)cc1. The highest BCUT2D eigenvalue weighted by atomic mass is 16.5. The number of carbonyl (C=O) groups is 2. The standard InChI is InChI=1S/C14H20N2O3/c1-4-16(5-2)14(18)13(17)15-11-7-9-12(10-8-11)19-6-3/h7-10H,4-6H2,1-3H3,(H,15,17). The summed E-state index contributed by atoms with van der Waals surface area (Å²) in [6, 6.07) is 6.92. The van der Waals surface area contributed by atoms with E-state index < -0.39 is 11.8 Å². The number of anilines is 1. The van der Waals surface area contributed by atoms with E-state index in [1.54, 1.807) is 24.3 Å². The van der Waals surface area contributed by atoms with Crippen LogP contribution in [0, 0.1) is 0 Å². The maximum Gasteiger partial charge on any atom is 0.313 e. The smallest absolute Gasteiger partial charge is 0.313 e. The van der Waals surface area contributed by atoms with Gasteiger partial charge in [-0.05, 0) is 45.0 Å². The number of nitrogens with one attached hydrogen (secondary N) is 1. The minimum absolute atomic E-state index is 0.515. The molecule has 0 spiro atoms. The van der Waals surface area contributed by atoms with Gasteiger partial charge < -0.3 is 15.0 Å². The van der Waals surface area contributed by atoms with Gasteiger partial charge in [0.15, 0.2) is 0 Å². The van der Waals surface area contributed by atoms with Crippen LogP contribution in [0.5, 0.6) is 5.75 Å². The first-order valence-electron chi connectivity index (χ1n) is 6.45. The number of benzene rings is 1. The van der Waals surface area contributed by atoms with Gasteiger partial charge in [0.05, 0.1) is 6.61 Å². The van der Waals surface area contributed by atoms with Crippen LogP contribution < -0.4 is 10.1 Å². The molecule has 0 bridgehead atoms. The number of ether oxygens (including phenoxy) is 1. The Bertz CT molecular complexity index is 425. The van der Waals surface area contributed by atoms with Gasteiger partial charge in [0, 0.05) is 18.8 Å². The van der Waals surface area contributed by atoms with Crippen molar-refractivity contribution in [2.75, 3.05) is 25.0 Å². The van der Waals surface area contributed by atoms with E-state index in [9.17, 15) is 9.59 Å². The molecular weight excluding hydrogens is 244 g/mol. The van der Waals surface area contributed by atoms with Crippen LogP contribution in [0.1, 0.15) is 20.8 Å². The summed E-state index contributed by atoms with van der Waals surface area (Å²) in [7, 11) is 0. The second-order valence-corrected chi connectivity index (χ2v) is 3.89. The molecule has 0 fully saturated rings. The quantitative estimate of drug-likeness (QED) is 0.826. The zero-order chi connectivity index (χ0) is 14.3. The van der Waals surface area contributed by atoms with Crippen LogP contribution in [0.3, 0.4) is 0 Å². The predicted octanol–water partition coefficient (Wildman–Crippen LogP) is 1.89. The minimum atomic E-state index is -0.618. The third-order valence-electron chi connectivity index (χ3n) is 2.67. The number of hydrogen-bond donors (Lipinski definition) is 1. The number of rotatable bonds is 5. The fourth-order valence-electron chi connectivity index (χ4n) is 1.64. The molecule has 1 aromatic carbocycles. The Morgan fingerprint density at radius 2 is 1.68 bits per heavy atom. The lowest BCUT2D eigenvalue weighted by molar-refractivity contribution is -0.142. The van der Waals surface area contributed by atoms with Crippen molar-refractivity contribution >= 4 is 17.5 Å². The van der Waals surface area contributed by atoms with Crippen molar-refractivity contribution in [3.8, 4) is 5.75 Å². The molecule has 5 heteroatoms. The van der Waals surface area contributed by atoms with Crippen molar-refractivity contribution < 1.29 is 14.3 Å². The summed E-state index contributed by atoms with van der Waals surface area (Å²) in [5.41, 5.74) is 0.578. The molecule has 2 amide bonds. The third-order valence-corrected chi connectivity index (χ3v) is 2.67. The van der Waals surface area contributed by atoms with E-state index >= 15 is 0 Å². The number of amides is 2. The van der Waals surface area contributed by atoms with Gasteiger partial charge in [0.1, 0.15) is 5.75 Å². The van der Waals surface area contributed by atoms with Crippen LogP contribution in [0.2, 0.25) is 0 Å². The first kappa shape index (κ1) is 15.0. The van der Waals surface area contributed by atoms with Crippen molar-refractivity contribution in [2.24, 2.45) is 0 Å². The zero-order valence-corrected chi connectivity index (χ0v) is 11.6. The number of nitrogens with zero attached hydrogens (tertiary/aromatic N) is 1. The third kappa shape index (κ3) is 4.28. The fourth-order valence-corrected chi connectivity index (χ4v) is 1.64. The van der Waals surface area contributed by atoms with Gasteiger partial charge in [-0.3, -0.25) is 9.59 Å². The summed E-state index contributed by atoms with van der Waals surface area (Å²) in [6.07, 6.45) is 0. The predicted molar refractivity (Wildman–Crippen MR) is 74.2 cm³/mol. The summed E-state index contributed by atoms with van der Waals surface area (Å²) in [5.74, 6) is -0.401. The Labute approximate surface area is 113 Å². The molecule has 0 atom stereocenters. The number of likely N-dealkylation sites (N-methyl/N-ethyl adjacent to an activating group) is 1. The number of carbonyl (C=O) groups excluding carboxylic acids is 2. The molecule has 1 rings (SSSR count). The second kappa shape index (κ2) is 7.41. The Balaban J connectivity index is 2.63. The topological polar surface area (TPSA) is 58.6 Å². The molecule has 0 aromatic heterocycles. The maximum absolute atomic E-state index is 11.8. The average Bonchev–Trinajstić information content (AvgIpc) is 2.42. The molecule has 0 saturated carbocycles. The average molecular weight is 264 g/mol. The molecule has 0 saturated heterocycles. The van der Waals surface area contributed by atoms with Gasteiger partial charge in [-0.1, -0.05) is 0 Å². The lowest BCUT2D eigenvalue weighted by atomic mass is 10.3. The Morgan fingerprint density at radius 3 is 2.16 bits per heavy atom. The Hall–Kier alpha value is -2.04. The summed E-state index contributed by atoms with van der Waals surface area (Å²) in [5, 5.41) is 2.57. The minimum Gasteiger partial charge on any atom is -0.494 e. The van der Waals surface area contributed by atoms with Crippen molar-refractivity contribution in [2.45, 2.75) is 20.8 Å². The van der Waals surface area contributed by atoms with Crippen LogP contribution in [0.15, 0.2) is 24.3 Å². The van der Waals surface area contributed by atoms with E-state index in [1.165, 1.54) is 4.90 Å². The molecule has 0 unspecified atom stereocenters. The van der Waals surface area contributed by atoms with E-state index in [0.29, 0.717) is 25.4 Å². The molecule has 0 aliphatic rings. The highest BCUT2D eigenvalue weighted by Crippen LogP contribution is 2.15. The molecule has 0 radical (unpaired) electrons. The number of hydrogen-bond acceptors (Lipinski definition) is 3. The van der Waals surface area contributed by atoms with Crippen molar-refractivity contribution in [3.05, 3.63) is 24.3 Å². The summed E-state index contributed by atoms with van der Waals surface area (Å²) in [4.78, 5) is 25.0. The molecule has 0 aliphatic carbocycles. The molecule has 0 aliphatic heterocycles. The van der Waals surface area contributed by atoms with Gasteiger partial charge in [-0.25, -0.2) is 0 Å². The van der Waals surface area contributed by atoms with Gasteiger partial charge >= 0.3 is 11.8 Å². The van der Waals surface area contributed by atoms with E-state index in [0.717, 1.165) is 5.75 Å². The van der Waals surface area contributed by atoms with Crippen LogP contribution in [0.4, 0.5) is 5.69 Å². The summed E-state index contributed by atoms with van der Waals surface area (Å²) in [6.45, 7) is 7.21. The van der Waals surface area contributed by atoms with Gasteiger partial charge in [-0.2, -0.15) is 0 Å². The largest absolute Gasteiger partial charge is 0.494 e. The first-order valence-corrected chi connectivity index (χ1v) is 6.45. The van der Waals surface area contributed by atoms with Crippen LogP contribution in [-0.2, 0) is 9.59 Å². The fraction of sp³-hybridized carbons (Fsp3) is 0.429. The summed E-state index contributed by atoms with van der Waals surface area (Å²) < 4.78 is 5.30. The van der Waals surface area contributed by atoms with E-state index in [2.05, 4.69) is 5.32 Å². The second-order valence-electron chi connectivity index (χ2n) is 3.89. The molecule has 5 nitrogen and oxygen atoms in total. The maximum atomic E-state index is 11.8. The lowest BCUT2D eigenvalue weighted by Crippen LogP contribution is -2.39. The molecule has 19 heavy (non-hydrogen) atoms. The first-order chi connectivity index (χ1) is 9.12. The van der Waals surface area contributed by atoms with Gasteiger partial charge in [0.25, 0.3) is 0 Å². The molecule has 1 N–H and O–H groups in total. The lowest BCUT2D eigenvalue weighted by Gasteiger charge is -2.17. The molecule has 1 aromatic rings. The van der Waals surface area contributed by atoms with Crippen molar-refractivity contribution in [1.29, 1.82) is 0 Å².